The van der Waals surface area contributed by atoms with E-state index in [-0.39, 0.29) is 42.3 Å². The Morgan fingerprint density at radius 2 is 1.91 bits per heavy atom. The van der Waals surface area contributed by atoms with Crippen molar-refractivity contribution in [3.63, 3.8) is 0 Å². The van der Waals surface area contributed by atoms with Gasteiger partial charge in [-0.1, -0.05) is 25.0 Å². The number of rotatable bonds is 5. The fourth-order valence-electron chi connectivity index (χ4n) is 4.84. The SMILES string of the molecule is CN=C(NCc1ccc(C(=O)N2CCNC(=O)C2)cc1)NC1CCN(C2CCCC2)C1.I. The number of amides is 2. The molecule has 1 unspecified atom stereocenters. The second kappa shape index (κ2) is 11.8. The third kappa shape index (κ3) is 6.34. The van der Waals surface area contributed by atoms with Gasteiger partial charge in [-0.05, 0) is 37.0 Å². The minimum atomic E-state index is -0.104. The minimum absolute atomic E-state index is 0. The molecule has 1 saturated carbocycles. The molecule has 2 saturated heterocycles. The van der Waals surface area contributed by atoms with E-state index in [0.29, 0.717) is 31.2 Å². The van der Waals surface area contributed by atoms with Crippen molar-refractivity contribution in [3.05, 3.63) is 35.4 Å². The second-order valence-corrected chi connectivity index (χ2v) is 8.76. The fourth-order valence-corrected chi connectivity index (χ4v) is 4.84. The van der Waals surface area contributed by atoms with Crippen LogP contribution < -0.4 is 16.0 Å². The number of piperazine rings is 1. The van der Waals surface area contributed by atoms with Crippen LogP contribution in [0.4, 0.5) is 0 Å². The van der Waals surface area contributed by atoms with Crippen molar-refractivity contribution in [2.45, 2.75) is 50.7 Å². The summed E-state index contributed by atoms with van der Waals surface area (Å²) < 4.78 is 0. The van der Waals surface area contributed by atoms with Gasteiger partial charge in [0.05, 0.1) is 6.54 Å². The summed E-state index contributed by atoms with van der Waals surface area (Å²) in [5.41, 5.74) is 1.69. The first-order valence-corrected chi connectivity index (χ1v) is 11.5. The van der Waals surface area contributed by atoms with Gasteiger partial charge in [0.1, 0.15) is 0 Å². The van der Waals surface area contributed by atoms with Crippen LogP contribution in [-0.4, -0.2) is 79.4 Å². The van der Waals surface area contributed by atoms with Crippen LogP contribution in [0.5, 0.6) is 0 Å². The number of benzene rings is 1. The molecule has 1 aromatic carbocycles. The van der Waals surface area contributed by atoms with Crippen LogP contribution in [0.3, 0.4) is 0 Å². The highest BCUT2D eigenvalue weighted by molar-refractivity contribution is 14.0. The van der Waals surface area contributed by atoms with E-state index in [4.69, 9.17) is 0 Å². The van der Waals surface area contributed by atoms with Gasteiger partial charge in [-0.15, -0.1) is 24.0 Å². The van der Waals surface area contributed by atoms with E-state index in [1.165, 1.54) is 32.2 Å². The summed E-state index contributed by atoms with van der Waals surface area (Å²) in [5.74, 6) is 0.616. The summed E-state index contributed by atoms with van der Waals surface area (Å²) in [4.78, 5) is 32.7. The molecule has 2 heterocycles. The number of halogens is 1. The topological polar surface area (TPSA) is 89.1 Å². The summed E-state index contributed by atoms with van der Waals surface area (Å²) in [6, 6.07) is 8.79. The zero-order valence-electron chi connectivity index (χ0n) is 18.8. The zero-order chi connectivity index (χ0) is 21.6. The van der Waals surface area contributed by atoms with Crippen LogP contribution in [0.1, 0.15) is 48.0 Å². The molecule has 2 amide bonds. The lowest BCUT2D eigenvalue weighted by Crippen LogP contribution is -2.49. The van der Waals surface area contributed by atoms with E-state index in [1.54, 1.807) is 11.9 Å². The van der Waals surface area contributed by atoms with Crippen molar-refractivity contribution in [3.8, 4) is 0 Å². The van der Waals surface area contributed by atoms with Crippen molar-refractivity contribution in [2.24, 2.45) is 4.99 Å². The zero-order valence-corrected chi connectivity index (χ0v) is 21.1. The Balaban J connectivity index is 0.00000289. The van der Waals surface area contributed by atoms with Crippen molar-refractivity contribution in [2.75, 3.05) is 39.8 Å². The molecule has 32 heavy (non-hydrogen) atoms. The fraction of sp³-hybridized carbons (Fsp3) is 0.609. The van der Waals surface area contributed by atoms with E-state index in [9.17, 15) is 9.59 Å². The van der Waals surface area contributed by atoms with Crippen LogP contribution in [-0.2, 0) is 11.3 Å². The predicted octanol–water partition coefficient (Wildman–Crippen LogP) is 1.56. The molecule has 3 N–H and O–H groups in total. The van der Waals surface area contributed by atoms with Crippen molar-refractivity contribution < 1.29 is 9.59 Å². The van der Waals surface area contributed by atoms with Gasteiger partial charge in [0.15, 0.2) is 5.96 Å². The molecule has 2 aliphatic heterocycles. The van der Waals surface area contributed by atoms with E-state index < -0.39 is 0 Å². The number of carbonyl (C=O) groups excluding carboxylic acids is 2. The maximum atomic E-state index is 12.6. The number of hydrogen-bond acceptors (Lipinski definition) is 4. The molecule has 8 nitrogen and oxygen atoms in total. The lowest BCUT2D eigenvalue weighted by atomic mass is 10.1. The summed E-state index contributed by atoms with van der Waals surface area (Å²) in [6.07, 6.45) is 6.61. The molecule has 4 rings (SSSR count). The molecule has 1 aliphatic carbocycles. The molecule has 0 bridgehead atoms. The number of aliphatic imine (C=N–C) groups is 1. The summed E-state index contributed by atoms with van der Waals surface area (Å²) in [5, 5.41) is 9.69. The highest BCUT2D eigenvalue weighted by Crippen LogP contribution is 2.26. The van der Waals surface area contributed by atoms with Crippen LogP contribution in [0, 0.1) is 0 Å². The average Bonchev–Trinajstić information content (AvgIpc) is 3.48. The van der Waals surface area contributed by atoms with E-state index in [0.717, 1.165) is 30.5 Å². The van der Waals surface area contributed by atoms with Crippen LogP contribution in [0.2, 0.25) is 0 Å². The average molecular weight is 554 g/mol. The summed E-state index contributed by atoms with van der Waals surface area (Å²) in [6.45, 7) is 4.10. The molecule has 176 valence electrons. The van der Waals surface area contributed by atoms with Crippen molar-refractivity contribution in [1.29, 1.82) is 0 Å². The third-order valence-corrected chi connectivity index (χ3v) is 6.61. The normalized spacial score (nSPS) is 22.4. The molecule has 0 aromatic heterocycles. The minimum Gasteiger partial charge on any atom is -0.353 e. The van der Waals surface area contributed by atoms with Gasteiger partial charge < -0.3 is 20.9 Å². The van der Waals surface area contributed by atoms with Gasteiger partial charge in [0.25, 0.3) is 5.91 Å². The highest BCUT2D eigenvalue weighted by Gasteiger charge is 2.30. The van der Waals surface area contributed by atoms with Gasteiger partial charge in [0, 0.05) is 57.4 Å². The van der Waals surface area contributed by atoms with Crippen molar-refractivity contribution >= 4 is 41.8 Å². The Morgan fingerprint density at radius 3 is 2.59 bits per heavy atom. The maximum Gasteiger partial charge on any atom is 0.254 e. The number of carbonyl (C=O) groups is 2. The first-order valence-electron chi connectivity index (χ1n) is 11.5. The van der Waals surface area contributed by atoms with Gasteiger partial charge in [-0.3, -0.25) is 19.5 Å². The van der Waals surface area contributed by atoms with E-state index >= 15 is 0 Å². The first-order chi connectivity index (χ1) is 15.1. The van der Waals surface area contributed by atoms with Crippen molar-refractivity contribution in [1.82, 2.24) is 25.8 Å². The number of nitrogens with zero attached hydrogens (tertiary/aromatic N) is 3. The molecule has 0 radical (unpaired) electrons. The van der Waals surface area contributed by atoms with Crippen LogP contribution >= 0.6 is 24.0 Å². The van der Waals surface area contributed by atoms with E-state index in [2.05, 4.69) is 25.8 Å². The summed E-state index contributed by atoms with van der Waals surface area (Å²) in [7, 11) is 1.80. The monoisotopic (exact) mass is 554 g/mol. The standard InChI is InChI=1S/C23H34N6O2.HI/c1-24-23(27-19-10-12-28(15-19)20-4-2-3-5-20)26-14-17-6-8-18(9-7-17)22(31)29-13-11-25-21(30)16-29;/h6-9,19-20H,2-5,10-16H2,1H3,(H,25,30)(H2,24,26,27);1H. The summed E-state index contributed by atoms with van der Waals surface area (Å²) >= 11 is 0. The van der Waals surface area contributed by atoms with Gasteiger partial charge >= 0.3 is 0 Å². The Labute approximate surface area is 207 Å². The molecular weight excluding hydrogens is 519 g/mol. The number of nitrogens with one attached hydrogen (secondary N) is 3. The second-order valence-electron chi connectivity index (χ2n) is 8.76. The molecule has 3 fully saturated rings. The van der Waals surface area contributed by atoms with Crippen LogP contribution in [0.15, 0.2) is 29.3 Å². The molecule has 9 heteroatoms. The Bertz CT molecular complexity index is 809. The predicted molar refractivity (Wildman–Crippen MR) is 136 cm³/mol. The lowest BCUT2D eigenvalue weighted by molar-refractivity contribution is -0.123. The smallest absolute Gasteiger partial charge is 0.254 e. The molecule has 0 spiro atoms. The number of hydrogen-bond donors (Lipinski definition) is 3. The number of guanidine groups is 1. The Hall–Kier alpha value is -1.88. The largest absolute Gasteiger partial charge is 0.353 e. The molecular formula is C23H35IN6O2. The Morgan fingerprint density at radius 1 is 1.16 bits per heavy atom. The van der Waals surface area contributed by atoms with Gasteiger partial charge in [-0.2, -0.15) is 0 Å². The van der Waals surface area contributed by atoms with Crippen LogP contribution in [0.25, 0.3) is 0 Å². The molecule has 3 aliphatic rings. The molecule has 1 atom stereocenters. The lowest BCUT2D eigenvalue weighted by Gasteiger charge is -2.26. The van der Waals surface area contributed by atoms with Gasteiger partial charge in [-0.25, -0.2) is 0 Å². The van der Waals surface area contributed by atoms with Gasteiger partial charge in [0.2, 0.25) is 5.91 Å². The molecule has 1 aromatic rings. The third-order valence-electron chi connectivity index (χ3n) is 6.61. The van der Waals surface area contributed by atoms with E-state index in [1.807, 2.05) is 24.3 Å². The quantitative estimate of drug-likeness (QED) is 0.292. The number of likely N-dealkylation sites (tertiary alicyclic amines) is 1. The Kier molecular flexibility index (Phi) is 9.15. The highest BCUT2D eigenvalue weighted by atomic mass is 127. The maximum absolute atomic E-state index is 12.6. The first kappa shape index (κ1) is 24.8.